The fraction of sp³-hybridized carbons (Fsp3) is 0.417. The lowest BCUT2D eigenvalue weighted by atomic mass is 10.2. The monoisotopic (exact) mass is 233 g/mol. The van der Waals surface area contributed by atoms with Gasteiger partial charge in [-0.05, 0) is 18.6 Å². The molecule has 1 N–H and O–H groups in total. The van der Waals surface area contributed by atoms with E-state index in [2.05, 4.69) is 4.98 Å². The van der Waals surface area contributed by atoms with Crippen LogP contribution in [0.4, 0.5) is 0 Å². The number of carboxylic acid groups (broad SMARTS) is 1. The Morgan fingerprint density at radius 1 is 1.71 bits per heavy atom. The van der Waals surface area contributed by atoms with Gasteiger partial charge in [0.1, 0.15) is 6.04 Å². The zero-order valence-corrected chi connectivity index (χ0v) is 9.71. The van der Waals surface area contributed by atoms with Gasteiger partial charge in [-0.25, -0.2) is 0 Å². The second-order valence-corrected chi connectivity index (χ2v) is 3.75. The smallest absolute Gasteiger partial charge is 0.320 e. The van der Waals surface area contributed by atoms with Crippen LogP contribution in [-0.2, 0) is 11.3 Å². The molecule has 1 aromatic rings. The van der Waals surface area contributed by atoms with E-state index in [1.807, 2.05) is 18.2 Å². The number of carboxylic acids is 1. The average Bonchev–Trinajstić information content (AvgIpc) is 2.34. The summed E-state index contributed by atoms with van der Waals surface area (Å²) in [7, 11) is 0. The van der Waals surface area contributed by atoms with Gasteiger partial charge in [0.05, 0.1) is 6.07 Å². The maximum absolute atomic E-state index is 11.0. The van der Waals surface area contributed by atoms with Crippen molar-refractivity contribution >= 4 is 5.97 Å². The zero-order chi connectivity index (χ0) is 12.7. The molecular weight excluding hydrogens is 218 g/mol. The van der Waals surface area contributed by atoms with E-state index < -0.39 is 12.0 Å². The molecule has 0 fully saturated rings. The minimum absolute atomic E-state index is 0.317. The van der Waals surface area contributed by atoms with Gasteiger partial charge in [0.15, 0.2) is 0 Å². The molecule has 0 aliphatic rings. The molecule has 0 aliphatic heterocycles. The first kappa shape index (κ1) is 13.1. The largest absolute Gasteiger partial charge is 0.480 e. The highest BCUT2D eigenvalue weighted by molar-refractivity contribution is 5.72. The van der Waals surface area contributed by atoms with Crippen LogP contribution in [-0.4, -0.2) is 33.5 Å². The van der Waals surface area contributed by atoms with Gasteiger partial charge in [0.2, 0.25) is 0 Å². The van der Waals surface area contributed by atoms with Gasteiger partial charge in [-0.1, -0.05) is 6.07 Å². The molecule has 1 heterocycles. The standard InChI is InChI=1S/C12H15N3O2/c1-10(12(16)17)15(7-3-5-13)9-11-4-2-6-14-8-11/h2,4,6,8,10H,3,7,9H2,1H3,(H,16,17). The Hall–Kier alpha value is -1.93. The Balaban J connectivity index is 2.70. The van der Waals surface area contributed by atoms with E-state index in [9.17, 15) is 4.79 Å². The summed E-state index contributed by atoms with van der Waals surface area (Å²) in [6.45, 7) is 2.55. The summed E-state index contributed by atoms with van der Waals surface area (Å²) in [4.78, 5) is 16.7. The van der Waals surface area contributed by atoms with Crippen molar-refractivity contribution in [2.75, 3.05) is 6.54 Å². The van der Waals surface area contributed by atoms with Gasteiger partial charge in [-0.15, -0.1) is 0 Å². The van der Waals surface area contributed by atoms with Crippen LogP contribution in [0.1, 0.15) is 18.9 Å². The minimum atomic E-state index is -0.883. The maximum Gasteiger partial charge on any atom is 0.320 e. The van der Waals surface area contributed by atoms with Crippen molar-refractivity contribution < 1.29 is 9.90 Å². The van der Waals surface area contributed by atoms with Crippen molar-refractivity contribution in [2.45, 2.75) is 25.9 Å². The quantitative estimate of drug-likeness (QED) is 0.800. The second-order valence-electron chi connectivity index (χ2n) is 3.75. The molecule has 0 saturated heterocycles. The highest BCUT2D eigenvalue weighted by Crippen LogP contribution is 2.08. The second kappa shape index (κ2) is 6.61. The zero-order valence-electron chi connectivity index (χ0n) is 9.71. The van der Waals surface area contributed by atoms with Crippen LogP contribution in [0.3, 0.4) is 0 Å². The molecule has 1 aromatic heterocycles. The van der Waals surface area contributed by atoms with Gasteiger partial charge >= 0.3 is 5.97 Å². The number of pyridine rings is 1. The lowest BCUT2D eigenvalue weighted by Crippen LogP contribution is -2.39. The van der Waals surface area contributed by atoms with E-state index in [0.717, 1.165) is 5.56 Å². The molecule has 5 nitrogen and oxygen atoms in total. The van der Waals surface area contributed by atoms with Gasteiger partial charge in [0.25, 0.3) is 0 Å². The van der Waals surface area contributed by atoms with Crippen molar-refractivity contribution in [1.82, 2.24) is 9.88 Å². The summed E-state index contributed by atoms with van der Waals surface area (Å²) < 4.78 is 0. The SMILES string of the molecule is CC(C(=O)O)N(CCC#N)Cc1cccnc1. The Kier molecular flexibility index (Phi) is 5.11. The summed E-state index contributed by atoms with van der Waals surface area (Å²) >= 11 is 0. The third-order valence-corrected chi connectivity index (χ3v) is 2.52. The van der Waals surface area contributed by atoms with Crippen LogP contribution in [0, 0.1) is 11.3 Å². The van der Waals surface area contributed by atoms with E-state index in [0.29, 0.717) is 19.5 Å². The first-order valence-electron chi connectivity index (χ1n) is 5.38. The number of nitriles is 1. The van der Waals surface area contributed by atoms with Crippen molar-refractivity contribution in [1.29, 1.82) is 5.26 Å². The van der Waals surface area contributed by atoms with Gasteiger partial charge in [-0.2, -0.15) is 5.26 Å². The van der Waals surface area contributed by atoms with E-state index >= 15 is 0 Å². The molecule has 17 heavy (non-hydrogen) atoms. The minimum Gasteiger partial charge on any atom is -0.480 e. The Labute approximate surface area is 100 Å². The van der Waals surface area contributed by atoms with Crippen LogP contribution < -0.4 is 0 Å². The first-order chi connectivity index (χ1) is 8.15. The highest BCUT2D eigenvalue weighted by atomic mass is 16.4. The molecule has 0 aliphatic carbocycles. The number of aliphatic carboxylic acids is 1. The van der Waals surface area contributed by atoms with Crippen molar-refractivity contribution in [3.05, 3.63) is 30.1 Å². The maximum atomic E-state index is 11.0. The van der Waals surface area contributed by atoms with Crippen LogP contribution in [0.15, 0.2) is 24.5 Å². The predicted octanol–water partition coefficient (Wildman–Crippen LogP) is 1.27. The lowest BCUT2D eigenvalue weighted by molar-refractivity contribution is -0.142. The van der Waals surface area contributed by atoms with Crippen LogP contribution >= 0.6 is 0 Å². The molecule has 1 rings (SSSR count). The number of rotatable bonds is 6. The molecular formula is C12H15N3O2. The highest BCUT2D eigenvalue weighted by Gasteiger charge is 2.20. The molecule has 5 heteroatoms. The summed E-state index contributed by atoms with van der Waals surface area (Å²) in [5.41, 5.74) is 0.943. The normalized spacial score (nSPS) is 12.1. The van der Waals surface area contributed by atoms with Crippen LogP contribution in [0.25, 0.3) is 0 Å². The third-order valence-electron chi connectivity index (χ3n) is 2.52. The number of aromatic nitrogens is 1. The number of hydrogen-bond donors (Lipinski definition) is 1. The molecule has 0 amide bonds. The molecule has 0 saturated carbocycles. The molecule has 0 aromatic carbocycles. The lowest BCUT2D eigenvalue weighted by Gasteiger charge is -2.25. The van der Waals surface area contributed by atoms with Crippen molar-refractivity contribution in [3.8, 4) is 6.07 Å². The van der Waals surface area contributed by atoms with Crippen molar-refractivity contribution in [2.24, 2.45) is 0 Å². The van der Waals surface area contributed by atoms with Gasteiger partial charge in [-0.3, -0.25) is 14.7 Å². The summed E-state index contributed by atoms with van der Waals surface area (Å²) in [5.74, 6) is -0.883. The first-order valence-corrected chi connectivity index (χ1v) is 5.38. The molecule has 0 spiro atoms. The number of carbonyl (C=O) groups is 1. The Bertz CT molecular complexity index is 400. The van der Waals surface area contributed by atoms with Crippen LogP contribution in [0.2, 0.25) is 0 Å². The van der Waals surface area contributed by atoms with E-state index in [1.54, 1.807) is 24.2 Å². The van der Waals surface area contributed by atoms with Crippen molar-refractivity contribution in [3.63, 3.8) is 0 Å². The van der Waals surface area contributed by atoms with Gasteiger partial charge < -0.3 is 5.11 Å². The van der Waals surface area contributed by atoms with E-state index in [-0.39, 0.29) is 0 Å². The summed E-state index contributed by atoms with van der Waals surface area (Å²) in [6.07, 6.45) is 3.69. The molecule has 90 valence electrons. The van der Waals surface area contributed by atoms with Crippen LogP contribution in [0.5, 0.6) is 0 Å². The summed E-state index contributed by atoms with van der Waals surface area (Å²) in [6, 6.07) is 5.12. The van der Waals surface area contributed by atoms with E-state index in [4.69, 9.17) is 10.4 Å². The molecule has 0 radical (unpaired) electrons. The third kappa shape index (κ3) is 4.21. The van der Waals surface area contributed by atoms with Gasteiger partial charge in [0, 0.05) is 31.9 Å². The summed E-state index contributed by atoms with van der Waals surface area (Å²) in [5, 5.41) is 17.6. The Morgan fingerprint density at radius 2 is 2.47 bits per heavy atom. The fourth-order valence-corrected chi connectivity index (χ4v) is 1.49. The molecule has 0 bridgehead atoms. The number of hydrogen-bond acceptors (Lipinski definition) is 4. The average molecular weight is 233 g/mol. The topological polar surface area (TPSA) is 77.2 Å². The van der Waals surface area contributed by atoms with E-state index in [1.165, 1.54) is 0 Å². The number of nitrogens with zero attached hydrogens (tertiary/aromatic N) is 3. The predicted molar refractivity (Wildman–Crippen MR) is 62.0 cm³/mol. The fourth-order valence-electron chi connectivity index (χ4n) is 1.49. The molecule has 1 unspecified atom stereocenters. The molecule has 1 atom stereocenters. The Morgan fingerprint density at radius 3 is 3.00 bits per heavy atom.